The highest BCUT2D eigenvalue weighted by atomic mass is 32.2. The SMILES string of the molecule is COc1cc(C)c(S(=O)(=O)N(C)CCCN)c(C)c1C. The summed E-state index contributed by atoms with van der Waals surface area (Å²) in [6.07, 6.45) is 0.642. The molecule has 0 atom stereocenters. The zero-order valence-electron chi connectivity index (χ0n) is 12.9. The second-order valence-corrected chi connectivity index (χ2v) is 6.93. The molecule has 1 rings (SSSR count). The Hall–Kier alpha value is -1.11. The molecule has 6 heteroatoms. The molecule has 0 aliphatic rings. The van der Waals surface area contributed by atoms with Crippen molar-refractivity contribution in [3.63, 3.8) is 0 Å². The van der Waals surface area contributed by atoms with Crippen molar-refractivity contribution in [3.8, 4) is 5.75 Å². The van der Waals surface area contributed by atoms with E-state index in [1.807, 2.05) is 13.8 Å². The first-order valence-electron chi connectivity index (χ1n) is 6.58. The van der Waals surface area contributed by atoms with Crippen LogP contribution in [0.5, 0.6) is 5.75 Å². The Kier molecular flexibility index (Phi) is 5.56. The van der Waals surface area contributed by atoms with Crippen LogP contribution in [0.1, 0.15) is 23.1 Å². The maximum absolute atomic E-state index is 12.7. The second kappa shape index (κ2) is 6.56. The van der Waals surface area contributed by atoms with E-state index in [9.17, 15) is 8.42 Å². The molecule has 0 amide bonds. The van der Waals surface area contributed by atoms with Gasteiger partial charge in [0.25, 0.3) is 0 Å². The van der Waals surface area contributed by atoms with Crippen LogP contribution in [0.25, 0.3) is 0 Å². The van der Waals surface area contributed by atoms with Crippen LogP contribution in [0.2, 0.25) is 0 Å². The van der Waals surface area contributed by atoms with E-state index in [1.165, 1.54) is 4.31 Å². The number of sulfonamides is 1. The molecule has 1 aromatic rings. The molecule has 114 valence electrons. The highest BCUT2D eigenvalue weighted by Crippen LogP contribution is 2.31. The first kappa shape index (κ1) is 16.9. The van der Waals surface area contributed by atoms with E-state index in [0.717, 1.165) is 11.1 Å². The Morgan fingerprint density at radius 1 is 1.25 bits per heavy atom. The van der Waals surface area contributed by atoms with Gasteiger partial charge >= 0.3 is 0 Å². The lowest BCUT2D eigenvalue weighted by Gasteiger charge is -2.21. The number of benzene rings is 1. The first-order valence-corrected chi connectivity index (χ1v) is 8.02. The van der Waals surface area contributed by atoms with Gasteiger partial charge in [-0.1, -0.05) is 0 Å². The number of ether oxygens (including phenoxy) is 1. The van der Waals surface area contributed by atoms with E-state index in [1.54, 1.807) is 27.1 Å². The lowest BCUT2D eigenvalue weighted by Crippen LogP contribution is -2.30. The van der Waals surface area contributed by atoms with Gasteiger partial charge in [0.15, 0.2) is 0 Å². The Labute approximate surface area is 121 Å². The van der Waals surface area contributed by atoms with Gasteiger partial charge in [-0.2, -0.15) is 0 Å². The zero-order valence-corrected chi connectivity index (χ0v) is 13.7. The van der Waals surface area contributed by atoms with Crippen molar-refractivity contribution >= 4 is 10.0 Å². The van der Waals surface area contributed by atoms with Crippen molar-refractivity contribution in [2.45, 2.75) is 32.1 Å². The molecule has 0 aromatic heterocycles. The average molecular weight is 300 g/mol. The summed E-state index contributed by atoms with van der Waals surface area (Å²) in [6.45, 7) is 6.36. The zero-order chi connectivity index (χ0) is 15.5. The lowest BCUT2D eigenvalue weighted by molar-refractivity contribution is 0.410. The molecule has 0 saturated carbocycles. The number of nitrogens with two attached hydrogens (primary N) is 1. The molecule has 1 aromatic carbocycles. The molecule has 20 heavy (non-hydrogen) atoms. The standard InChI is InChI=1S/C14H24N2O3S/c1-10-9-13(19-5)11(2)12(3)14(10)20(17,18)16(4)8-6-7-15/h9H,6-8,15H2,1-5H3. The summed E-state index contributed by atoms with van der Waals surface area (Å²) in [6, 6.07) is 1.77. The van der Waals surface area contributed by atoms with Crippen LogP contribution >= 0.6 is 0 Å². The smallest absolute Gasteiger partial charge is 0.243 e. The van der Waals surface area contributed by atoms with Gasteiger partial charge in [-0.3, -0.25) is 0 Å². The molecule has 0 aliphatic carbocycles. The van der Waals surface area contributed by atoms with Crippen LogP contribution in [0.4, 0.5) is 0 Å². The fourth-order valence-electron chi connectivity index (χ4n) is 2.22. The summed E-state index contributed by atoms with van der Waals surface area (Å²) in [5, 5.41) is 0. The molecule has 0 saturated heterocycles. The third-order valence-electron chi connectivity index (χ3n) is 3.54. The van der Waals surface area contributed by atoms with Gasteiger partial charge in [0.05, 0.1) is 12.0 Å². The molecule has 2 N–H and O–H groups in total. The number of hydrogen-bond donors (Lipinski definition) is 1. The third kappa shape index (κ3) is 3.13. The van der Waals surface area contributed by atoms with Crippen molar-refractivity contribution < 1.29 is 13.2 Å². The molecule has 0 unspecified atom stereocenters. The fraction of sp³-hybridized carbons (Fsp3) is 0.571. The number of aryl methyl sites for hydroxylation is 1. The molecule has 0 spiro atoms. The maximum atomic E-state index is 12.7. The van der Waals surface area contributed by atoms with Gasteiger partial charge in [0, 0.05) is 13.6 Å². The van der Waals surface area contributed by atoms with Gasteiger partial charge in [0.2, 0.25) is 10.0 Å². The first-order chi connectivity index (χ1) is 9.27. The molecule has 0 aliphatic heterocycles. The van der Waals surface area contributed by atoms with Crippen molar-refractivity contribution in [1.82, 2.24) is 4.31 Å². The van der Waals surface area contributed by atoms with Crippen LogP contribution in [0.3, 0.4) is 0 Å². The Morgan fingerprint density at radius 2 is 1.85 bits per heavy atom. The summed E-state index contributed by atoms with van der Waals surface area (Å²) in [5.41, 5.74) is 7.73. The quantitative estimate of drug-likeness (QED) is 0.866. The molecular formula is C14H24N2O3S. The Bertz CT molecular complexity index is 583. The van der Waals surface area contributed by atoms with E-state index >= 15 is 0 Å². The topological polar surface area (TPSA) is 72.6 Å². The normalized spacial score (nSPS) is 11.9. The summed E-state index contributed by atoms with van der Waals surface area (Å²) < 4.78 is 32.0. The Balaban J connectivity index is 3.36. The van der Waals surface area contributed by atoms with E-state index in [4.69, 9.17) is 10.5 Å². The molecule has 5 nitrogen and oxygen atoms in total. The highest BCUT2D eigenvalue weighted by Gasteiger charge is 2.26. The van der Waals surface area contributed by atoms with E-state index in [-0.39, 0.29) is 0 Å². The second-order valence-electron chi connectivity index (χ2n) is 4.94. The largest absolute Gasteiger partial charge is 0.496 e. The van der Waals surface area contributed by atoms with E-state index < -0.39 is 10.0 Å². The highest BCUT2D eigenvalue weighted by molar-refractivity contribution is 7.89. The van der Waals surface area contributed by atoms with Crippen LogP contribution in [0, 0.1) is 20.8 Å². The number of rotatable bonds is 6. The number of methoxy groups -OCH3 is 1. The summed E-state index contributed by atoms with van der Waals surface area (Å²) in [7, 11) is -0.325. The van der Waals surface area contributed by atoms with Gasteiger partial charge in [-0.05, 0) is 56.5 Å². The van der Waals surface area contributed by atoms with Crippen LogP contribution in [-0.4, -0.2) is 40.0 Å². The van der Waals surface area contributed by atoms with Crippen molar-refractivity contribution in [1.29, 1.82) is 0 Å². The lowest BCUT2D eigenvalue weighted by atomic mass is 10.1. The van der Waals surface area contributed by atoms with Crippen LogP contribution in [0.15, 0.2) is 11.0 Å². The molecule has 0 radical (unpaired) electrons. The average Bonchev–Trinajstić information content (AvgIpc) is 2.39. The van der Waals surface area contributed by atoms with Crippen LogP contribution < -0.4 is 10.5 Å². The Morgan fingerprint density at radius 3 is 2.35 bits per heavy atom. The van der Waals surface area contributed by atoms with Gasteiger partial charge < -0.3 is 10.5 Å². The molecular weight excluding hydrogens is 276 g/mol. The minimum atomic E-state index is -3.50. The van der Waals surface area contributed by atoms with Crippen molar-refractivity contribution in [3.05, 3.63) is 22.8 Å². The predicted molar refractivity (Wildman–Crippen MR) is 80.7 cm³/mol. The third-order valence-corrected chi connectivity index (χ3v) is 5.69. The predicted octanol–water partition coefficient (Wildman–Crippen LogP) is 1.59. The minimum Gasteiger partial charge on any atom is -0.496 e. The monoisotopic (exact) mass is 300 g/mol. The molecule has 0 fully saturated rings. The fourth-order valence-corrected chi connectivity index (χ4v) is 3.91. The summed E-state index contributed by atoms with van der Waals surface area (Å²) in [5.74, 6) is 0.712. The van der Waals surface area contributed by atoms with Gasteiger partial charge in [0.1, 0.15) is 5.75 Å². The number of hydrogen-bond acceptors (Lipinski definition) is 4. The van der Waals surface area contributed by atoms with Crippen molar-refractivity contribution in [2.75, 3.05) is 27.2 Å². The van der Waals surface area contributed by atoms with E-state index in [0.29, 0.717) is 35.7 Å². The van der Waals surface area contributed by atoms with E-state index in [2.05, 4.69) is 0 Å². The van der Waals surface area contributed by atoms with Gasteiger partial charge in [-0.25, -0.2) is 12.7 Å². The van der Waals surface area contributed by atoms with Gasteiger partial charge in [-0.15, -0.1) is 0 Å². The number of nitrogens with zero attached hydrogens (tertiary/aromatic N) is 1. The maximum Gasteiger partial charge on any atom is 0.243 e. The van der Waals surface area contributed by atoms with Crippen LogP contribution in [-0.2, 0) is 10.0 Å². The minimum absolute atomic E-state index is 0.371. The van der Waals surface area contributed by atoms with Crippen molar-refractivity contribution in [2.24, 2.45) is 5.73 Å². The molecule has 0 heterocycles. The summed E-state index contributed by atoms with van der Waals surface area (Å²) >= 11 is 0. The molecule has 0 bridgehead atoms. The summed E-state index contributed by atoms with van der Waals surface area (Å²) in [4.78, 5) is 0.371.